The molecule has 6 unspecified atom stereocenters. The quantitative estimate of drug-likeness (QED) is 0.177. The average molecular weight is 774 g/mol. The molecule has 2 aromatic carbocycles. The van der Waals surface area contributed by atoms with Gasteiger partial charge in [0.25, 0.3) is 0 Å². The third-order valence-electron chi connectivity index (χ3n) is 9.56. The van der Waals surface area contributed by atoms with Gasteiger partial charge >= 0.3 is 0 Å². The van der Waals surface area contributed by atoms with E-state index in [1.807, 2.05) is 0 Å². The van der Waals surface area contributed by atoms with E-state index < -0.39 is 0 Å². The van der Waals surface area contributed by atoms with Crippen molar-refractivity contribution >= 4 is 5.78 Å². The summed E-state index contributed by atoms with van der Waals surface area (Å²) in [6.45, 7) is 11.3. The summed E-state index contributed by atoms with van der Waals surface area (Å²) < 4.78 is 0. The molecule has 2 aromatic rings. The Morgan fingerprint density at radius 2 is 1.09 bits per heavy atom. The van der Waals surface area contributed by atoms with Gasteiger partial charge in [0, 0.05) is 20.1 Å². The van der Waals surface area contributed by atoms with Gasteiger partial charge in [-0.25, -0.2) is 0 Å². The number of piperidine rings is 2. The van der Waals surface area contributed by atoms with Crippen LogP contribution in [0.2, 0.25) is 0 Å². The Labute approximate surface area is 281 Å². The molecule has 6 atom stereocenters. The first-order valence-corrected chi connectivity index (χ1v) is 16.8. The van der Waals surface area contributed by atoms with Gasteiger partial charge in [-0.05, 0) is 13.0 Å². The smallest absolute Gasteiger partial charge is 0.151 e. The molecule has 5 heteroatoms. The van der Waals surface area contributed by atoms with Crippen LogP contribution in [0.15, 0.2) is 36.1 Å². The number of fused-ring (bicyclic) bond motifs is 2. The molecule has 2 aliphatic heterocycles. The summed E-state index contributed by atoms with van der Waals surface area (Å²) in [5.41, 5.74) is 7.87. The molecule has 2 saturated heterocycles. The van der Waals surface area contributed by atoms with Gasteiger partial charge in [0.15, 0.2) is 5.78 Å². The molecule has 245 valence electrons. The van der Waals surface area contributed by atoms with Crippen LogP contribution in [0.4, 0.5) is 0 Å². The summed E-state index contributed by atoms with van der Waals surface area (Å²) in [6.07, 6.45) is 17.4. The summed E-state index contributed by atoms with van der Waals surface area (Å²) in [5.74, 6) is 1.40. The summed E-state index contributed by atoms with van der Waals surface area (Å²) in [5, 5.41) is 20.2. The van der Waals surface area contributed by atoms with Crippen molar-refractivity contribution in [2.75, 3.05) is 0 Å². The predicted molar refractivity (Wildman–Crippen MR) is 176 cm³/mol. The summed E-state index contributed by atoms with van der Waals surface area (Å²) >= 11 is 0. The van der Waals surface area contributed by atoms with Crippen LogP contribution in [0.1, 0.15) is 136 Å². The maximum Gasteiger partial charge on any atom is 0.151 e. The van der Waals surface area contributed by atoms with Crippen LogP contribution in [0, 0.1) is 51.7 Å². The van der Waals surface area contributed by atoms with Crippen LogP contribution in [0.5, 0.6) is 0 Å². The van der Waals surface area contributed by atoms with Gasteiger partial charge in [-0.3, -0.25) is 4.79 Å². The van der Waals surface area contributed by atoms with Crippen LogP contribution in [-0.4, -0.2) is 17.9 Å². The zero-order chi connectivity index (χ0) is 30.9. The van der Waals surface area contributed by atoms with Crippen molar-refractivity contribution in [2.24, 2.45) is 11.8 Å². The molecular formula is C39H53IrN2O2-5. The van der Waals surface area contributed by atoms with E-state index in [0.29, 0.717) is 24.2 Å². The molecule has 0 spiro atoms. The number of aryl methyl sites for hydroxylation is 4. The van der Waals surface area contributed by atoms with E-state index in [4.69, 9.17) is 10.6 Å². The topological polar surface area (TPSA) is 68.3 Å². The third kappa shape index (κ3) is 11.2. The Morgan fingerprint density at radius 3 is 1.43 bits per heavy atom. The fourth-order valence-corrected chi connectivity index (χ4v) is 7.77. The van der Waals surface area contributed by atoms with Crippen molar-refractivity contribution in [3.8, 4) is 0 Å². The van der Waals surface area contributed by atoms with E-state index in [1.54, 1.807) is 0 Å². The second-order valence-corrected chi connectivity index (χ2v) is 13.7. The van der Waals surface area contributed by atoms with Crippen molar-refractivity contribution in [1.29, 1.82) is 0 Å². The van der Waals surface area contributed by atoms with Gasteiger partial charge in [-0.1, -0.05) is 124 Å². The minimum Gasteiger partial charge on any atom is -0.876 e. The molecule has 4 nitrogen and oxygen atoms in total. The predicted octanol–water partition coefficient (Wildman–Crippen LogP) is 9.58. The summed E-state index contributed by atoms with van der Waals surface area (Å²) in [4.78, 5) is 9.98. The zero-order valence-electron chi connectivity index (χ0n) is 27.9. The van der Waals surface area contributed by atoms with Gasteiger partial charge < -0.3 is 15.7 Å². The Bertz CT molecular complexity index is 1110. The van der Waals surface area contributed by atoms with E-state index in [1.165, 1.54) is 124 Å². The Balaban J connectivity index is 0.000000196. The van der Waals surface area contributed by atoms with E-state index >= 15 is 0 Å². The SMILES string of the molecule is CC(=O)C=C(C)[O-].Cc1[c-]c(C2CCC3CCCCC3[N-]2)cc(C)c1.Cc1[c-]c(C2CCC3CCCCC3[N-]2)cc(C)c1.[Ir]. The first-order chi connectivity index (χ1) is 20.6. The molecule has 0 N–H and O–H groups in total. The Kier molecular flexibility index (Phi) is 14.8. The number of benzene rings is 2. The molecular weight excluding hydrogens is 721 g/mol. The fourth-order valence-electron chi connectivity index (χ4n) is 7.77. The largest absolute Gasteiger partial charge is 0.876 e. The van der Waals surface area contributed by atoms with Gasteiger partial charge in [-0.15, -0.1) is 29.9 Å². The second kappa shape index (κ2) is 17.8. The number of carbonyl (C=O) groups excluding carboxylic acids is 1. The van der Waals surface area contributed by atoms with E-state index in [2.05, 4.69) is 64.1 Å². The van der Waals surface area contributed by atoms with Crippen molar-refractivity contribution in [1.82, 2.24) is 0 Å². The van der Waals surface area contributed by atoms with Crippen molar-refractivity contribution in [3.63, 3.8) is 0 Å². The minimum absolute atomic E-state index is 0. The van der Waals surface area contributed by atoms with Crippen molar-refractivity contribution in [2.45, 2.75) is 143 Å². The molecule has 44 heavy (non-hydrogen) atoms. The van der Waals surface area contributed by atoms with Gasteiger partial charge in [0.05, 0.1) is 0 Å². The molecule has 0 aromatic heterocycles. The number of hydrogen-bond donors (Lipinski definition) is 0. The first-order valence-electron chi connectivity index (χ1n) is 16.8. The number of ketones is 1. The average Bonchev–Trinajstić information content (AvgIpc) is 2.95. The second-order valence-electron chi connectivity index (χ2n) is 13.7. The van der Waals surface area contributed by atoms with E-state index in [-0.39, 0.29) is 31.6 Å². The first kappa shape index (κ1) is 36.7. The maximum absolute atomic E-state index is 9.98. The molecule has 2 saturated carbocycles. The molecule has 1 radical (unpaired) electrons. The summed E-state index contributed by atoms with van der Waals surface area (Å²) in [6, 6.07) is 18.1. The third-order valence-corrected chi connectivity index (χ3v) is 9.56. The molecule has 6 rings (SSSR count). The number of carbonyl (C=O) groups is 1. The maximum atomic E-state index is 9.98. The number of rotatable bonds is 3. The van der Waals surface area contributed by atoms with Crippen molar-refractivity contribution < 1.29 is 30.0 Å². The molecule has 2 aliphatic carbocycles. The molecule has 0 bridgehead atoms. The molecule has 4 aliphatic rings. The normalized spacial score (nSPS) is 28.0. The van der Waals surface area contributed by atoms with Gasteiger partial charge in [0.1, 0.15) is 0 Å². The minimum atomic E-state index is -0.187. The van der Waals surface area contributed by atoms with Gasteiger partial charge in [0.2, 0.25) is 0 Å². The molecule has 0 amide bonds. The van der Waals surface area contributed by atoms with Crippen LogP contribution >= 0.6 is 0 Å². The zero-order valence-corrected chi connectivity index (χ0v) is 30.3. The summed E-state index contributed by atoms with van der Waals surface area (Å²) in [7, 11) is 0. The van der Waals surface area contributed by atoms with Crippen LogP contribution in [0.3, 0.4) is 0 Å². The number of allylic oxidation sites excluding steroid dienone is 2. The standard InChI is InChI=1S/2C17H23N.C5H8O2.Ir/c2*1-12-9-13(2)11-15(10-12)17-8-7-14-5-3-4-6-16(14)18-17;1-4(6)3-5(2)7;/h2*9-10,14,16-17H,3-8H2,1-2H3;3,6H,1-2H3;/q2*-2;;/p-1. The van der Waals surface area contributed by atoms with Crippen LogP contribution in [0.25, 0.3) is 10.6 Å². The Hall–Kier alpha value is -1.78. The van der Waals surface area contributed by atoms with Crippen LogP contribution < -0.4 is 5.11 Å². The van der Waals surface area contributed by atoms with Crippen LogP contribution in [-0.2, 0) is 24.9 Å². The fraction of sp³-hybridized carbons (Fsp3) is 0.615. The monoisotopic (exact) mass is 774 g/mol. The Morgan fingerprint density at radius 1 is 0.682 bits per heavy atom. The van der Waals surface area contributed by atoms with E-state index in [9.17, 15) is 9.90 Å². The van der Waals surface area contributed by atoms with Gasteiger partial charge in [-0.2, -0.15) is 69.8 Å². The molecule has 4 fully saturated rings. The number of nitrogens with zero attached hydrogens (tertiary/aromatic N) is 2. The van der Waals surface area contributed by atoms with Crippen molar-refractivity contribution in [3.05, 3.63) is 92.2 Å². The number of hydrogen-bond acceptors (Lipinski definition) is 2. The molecule has 2 heterocycles. The van der Waals surface area contributed by atoms with E-state index in [0.717, 1.165) is 17.9 Å².